The largest absolute Gasteiger partial charge is 0.450 e. The number of ether oxygens (including phenoxy) is 1. The fraction of sp³-hybridized carbons (Fsp3) is 0.375. The molecule has 0 aliphatic carbocycles. The summed E-state index contributed by atoms with van der Waals surface area (Å²) in [6.07, 6.45) is -1.22. The molecule has 9 heteroatoms. The number of primary amides is 1. The normalized spacial score (nSPS) is 12.8. The lowest BCUT2D eigenvalue weighted by atomic mass is 10.1. The van der Waals surface area contributed by atoms with Gasteiger partial charge in [0, 0.05) is 0 Å². The molecule has 2 atom stereocenters. The summed E-state index contributed by atoms with van der Waals surface area (Å²) >= 11 is 5.92. The fourth-order valence-electron chi connectivity index (χ4n) is 1.89. The Hall–Kier alpha value is -2.61. The number of nitrogens with one attached hydrogen (secondary N) is 2. The third-order valence-corrected chi connectivity index (χ3v) is 3.50. The summed E-state index contributed by atoms with van der Waals surface area (Å²) < 4.78 is 5.10. The van der Waals surface area contributed by atoms with Crippen molar-refractivity contribution in [2.45, 2.75) is 32.9 Å². The number of urea groups is 1. The molecule has 136 valence electrons. The number of halogens is 1. The van der Waals surface area contributed by atoms with Crippen molar-refractivity contribution in [3.05, 3.63) is 34.9 Å². The number of carbonyl (C=O) groups is 4. The van der Waals surface area contributed by atoms with E-state index >= 15 is 0 Å². The van der Waals surface area contributed by atoms with E-state index in [0.29, 0.717) is 0 Å². The molecule has 1 aromatic carbocycles. The highest BCUT2D eigenvalue weighted by atomic mass is 35.5. The van der Waals surface area contributed by atoms with E-state index in [0.717, 1.165) is 0 Å². The van der Waals surface area contributed by atoms with Crippen LogP contribution in [0.5, 0.6) is 0 Å². The average Bonchev–Trinajstić information content (AvgIpc) is 2.51. The zero-order valence-electron chi connectivity index (χ0n) is 14.0. The zero-order valence-corrected chi connectivity index (χ0v) is 14.8. The van der Waals surface area contributed by atoms with Crippen molar-refractivity contribution in [1.82, 2.24) is 10.6 Å². The zero-order chi connectivity index (χ0) is 19.1. The molecular weight excluding hydrogens is 350 g/mol. The summed E-state index contributed by atoms with van der Waals surface area (Å²) in [6, 6.07) is 4.27. The van der Waals surface area contributed by atoms with Crippen molar-refractivity contribution in [2.24, 2.45) is 11.7 Å². The van der Waals surface area contributed by atoms with E-state index in [1.807, 2.05) is 5.32 Å². The molecule has 0 aliphatic rings. The predicted molar refractivity (Wildman–Crippen MR) is 90.8 cm³/mol. The van der Waals surface area contributed by atoms with Gasteiger partial charge in [-0.25, -0.2) is 9.59 Å². The standard InChI is InChI=1S/C16H20ClN3O5/c1-8(2)12(14(22)20-16(18)24)25-15(23)9(3)19-13(21)10-6-4-5-7-11(10)17/h4-9,12H,1-3H3,(H,19,21)(H3,18,20,22,24)/t9-,12-/m0/s1. The van der Waals surface area contributed by atoms with Crippen LogP contribution in [0.2, 0.25) is 5.02 Å². The molecule has 0 spiro atoms. The highest BCUT2D eigenvalue weighted by Crippen LogP contribution is 2.15. The first kappa shape index (κ1) is 20.4. The van der Waals surface area contributed by atoms with Crippen LogP contribution in [0.4, 0.5) is 4.79 Å². The number of nitrogens with two attached hydrogens (primary N) is 1. The molecule has 0 heterocycles. The molecule has 25 heavy (non-hydrogen) atoms. The summed E-state index contributed by atoms with van der Waals surface area (Å²) in [7, 11) is 0. The minimum absolute atomic E-state index is 0.204. The van der Waals surface area contributed by atoms with Crippen LogP contribution >= 0.6 is 11.6 Å². The number of imide groups is 1. The predicted octanol–water partition coefficient (Wildman–Crippen LogP) is 1.22. The van der Waals surface area contributed by atoms with Crippen molar-refractivity contribution in [2.75, 3.05) is 0 Å². The maximum atomic E-state index is 12.1. The quantitative estimate of drug-likeness (QED) is 0.649. The number of hydrogen-bond donors (Lipinski definition) is 3. The fourth-order valence-corrected chi connectivity index (χ4v) is 2.11. The minimum atomic E-state index is -1.22. The molecule has 4 amide bonds. The van der Waals surface area contributed by atoms with Crippen LogP contribution in [0.15, 0.2) is 24.3 Å². The Balaban J connectivity index is 2.74. The molecular formula is C16H20ClN3O5. The maximum absolute atomic E-state index is 12.1. The first-order chi connectivity index (χ1) is 11.6. The number of carbonyl (C=O) groups excluding carboxylic acids is 4. The SMILES string of the molecule is CC(C)[C@H](OC(=O)[C@H](C)NC(=O)c1ccccc1Cl)C(=O)NC(N)=O. The van der Waals surface area contributed by atoms with Gasteiger partial charge < -0.3 is 15.8 Å². The van der Waals surface area contributed by atoms with Gasteiger partial charge >= 0.3 is 12.0 Å². The van der Waals surface area contributed by atoms with Crippen LogP contribution in [-0.2, 0) is 14.3 Å². The Morgan fingerprint density at radius 1 is 1.12 bits per heavy atom. The Kier molecular flexibility index (Phi) is 7.38. The maximum Gasteiger partial charge on any atom is 0.329 e. The summed E-state index contributed by atoms with van der Waals surface area (Å²) in [6.45, 7) is 4.66. The second-order valence-electron chi connectivity index (χ2n) is 5.63. The lowest BCUT2D eigenvalue weighted by Crippen LogP contribution is -2.48. The van der Waals surface area contributed by atoms with Gasteiger partial charge in [0.25, 0.3) is 11.8 Å². The van der Waals surface area contributed by atoms with Crippen LogP contribution in [0.1, 0.15) is 31.1 Å². The van der Waals surface area contributed by atoms with Gasteiger partial charge in [0.2, 0.25) is 0 Å². The minimum Gasteiger partial charge on any atom is -0.450 e. The number of amides is 4. The molecule has 0 unspecified atom stereocenters. The van der Waals surface area contributed by atoms with Gasteiger partial charge in [-0.1, -0.05) is 37.6 Å². The second-order valence-corrected chi connectivity index (χ2v) is 6.04. The van der Waals surface area contributed by atoms with E-state index in [-0.39, 0.29) is 10.6 Å². The van der Waals surface area contributed by atoms with Crippen LogP contribution in [0.25, 0.3) is 0 Å². The number of hydrogen-bond acceptors (Lipinski definition) is 5. The van der Waals surface area contributed by atoms with Gasteiger partial charge in [-0.3, -0.25) is 14.9 Å². The third kappa shape index (κ3) is 6.07. The summed E-state index contributed by atoms with van der Waals surface area (Å²) in [5, 5.41) is 4.54. The number of esters is 1. The van der Waals surface area contributed by atoms with Crippen molar-refractivity contribution in [1.29, 1.82) is 0 Å². The Morgan fingerprint density at radius 3 is 2.24 bits per heavy atom. The van der Waals surface area contributed by atoms with E-state index in [2.05, 4.69) is 5.32 Å². The molecule has 1 rings (SSSR count). The molecule has 0 saturated carbocycles. The topological polar surface area (TPSA) is 128 Å². The molecule has 0 aliphatic heterocycles. The third-order valence-electron chi connectivity index (χ3n) is 3.17. The van der Waals surface area contributed by atoms with Crippen LogP contribution < -0.4 is 16.4 Å². The van der Waals surface area contributed by atoms with Crippen molar-refractivity contribution in [3.63, 3.8) is 0 Å². The van der Waals surface area contributed by atoms with Gasteiger partial charge in [-0.05, 0) is 25.0 Å². The molecule has 4 N–H and O–H groups in total. The molecule has 0 aromatic heterocycles. The average molecular weight is 370 g/mol. The van der Waals surface area contributed by atoms with Gasteiger partial charge in [-0.15, -0.1) is 0 Å². The van der Waals surface area contributed by atoms with E-state index in [4.69, 9.17) is 22.1 Å². The van der Waals surface area contributed by atoms with Crippen LogP contribution in [0, 0.1) is 5.92 Å². The first-order valence-electron chi connectivity index (χ1n) is 7.49. The Bertz CT molecular complexity index is 677. The van der Waals surface area contributed by atoms with E-state index in [9.17, 15) is 19.2 Å². The Labute approximate surface area is 150 Å². The highest BCUT2D eigenvalue weighted by Gasteiger charge is 2.30. The number of rotatable bonds is 6. The molecule has 0 saturated heterocycles. The monoisotopic (exact) mass is 369 g/mol. The smallest absolute Gasteiger partial charge is 0.329 e. The van der Waals surface area contributed by atoms with Gasteiger partial charge in [0.05, 0.1) is 10.6 Å². The van der Waals surface area contributed by atoms with Gasteiger partial charge in [-0.2, -0.15) is 0 Å². The van der Waals surface area contributed by atoms with Crippen molar-refractivity contribution in [3.8, 4) is 0 Å². The molecule has 0 radical (unpaired) electrons. The highest BCUT2D eigenvalue weighted by molar-refractivity contribution is 6.33. The van der Waals surface area contributed by atoms with Crippen LogP contribution in [-0.4, -0.2) is 36.0 Å². The van der Waals surface area contributed by atoms with Gasteiger partial charge in [0.1, 0.15) is 6.04 Å². The molecule has 0 bridgehead atoms. The van der Waals surface area contributed by atoms with E-state index in [1.165, 1.54) is 13.0 Å². The first-order valence-corrected chi connectivity index (χ1v) is 7.87. The lowest BCUT2D eigenvalue weighted by molar-refractivity contribution is -0.159. The van der Waals surface area contributed by atoms with E-state index in [1.54, 1.807) is 32.0 Å². The Morgan fingerprint density at radius 2 is 1.72 bits per heavy atom. The van der Waals surface area contributed by atoms with Crippen molar-refractivity contribution >= 4 is 35.4 Å². The summed E-state index contributed by atoms with van der Waals surface area (Å²) in [5.41, 5.74) is 5.09. The molecule has 1 aromatic rings. The molecule has 8 nitrogen and oxygen atoms in total. The van der Waals surface area contributed by atoms with Crippen molar-refractivity contribution < 1.29 is 23.9 Å². The molecule has 0 fully saturated rings. The lowest BCUT2D eigenvalue weighted by Gasteiger charge is -2.22. The summed E-state index contributed by atoms with van der Waals surface area (Å²) in [4.78, 5) is 46.9. The van der Waals surface area contributed by atoms with Gasteiger partial charge in [0.15, 0.2) is 6.10 Å². The van der Waals surface area contributed by atoms with E-state index < -0.39 is 41.9 Å². The second kappa shape index (κ2) is 9.03. The number of benzene rings is 1. The summed E-state index contributed by atoms with van der Waals surface area (Å²) in [5.74, 6) is -2.63. The van der Waals surface area contributed by atoms with Crippen LogP contribution in [0.3, 0.4) is 0 Å².